The fraction of sp³-hybridized carbons (Fsp3) is 0.500. The maximum absolute atomic E-state index is 13.7. The van der Waals surface area contributed by atoms with Gasteiger partial charge in [-0.05, 0) is 31.9 Å². The monoisotopic (exact) mass is 214 g/mol. The first-order valence-electron chi connectivity index (χ1n) is 5.07. The van der Waals surface area contributed by atoms with Crippen molar-refractivity contribution < 1.29 is 13.9 Å². The third-order valence-electron chi connectivity index (χ3n) is 2.56. The minimum absolute atomic E-state index is 0.218. The van der Waals surface area contributed by atoms with Gasteiger partial charge < -0.3 is 5.11 Å². The number of aryl methyl sites for hydroxylation is 1. The van der Waals surface area contributed by atoms with Crippen LogP contribution in [0.15, 0.2) is 12.1 Å². The zero-order valence-corrected chi connectivity index (χ0v) is 9.27. The first-order valence-corrected chi connectivity index (χ1v) is 5.07. The van der Waals surface area contributed by atoms with E-state index in [1.165, 1.54) is 19.1 Å². The molecule has 0 aliphatic rings. The van der Waals surface area contributed by atoms with Crippen molar-refractivity contribution in [2.75, 3.05) is 0 Å². The maximum atomic E-state index is 13.7. The topological polar surface area (TPSA) is 20.2 Å². The van der Waals surface area contributed by atoms with Crippen molar-refractivity contribution in [2.24, 2.45) is 0 Å². The minimum atomic E-state index is -1.44. The molecule has 0 aliphatic carbocycles. The summed E-state index contributed by atoms with van der Waals surface area (Å²) in [5.41, 5.74) is -1.30. The fourth-order valence-corrected chi connectivity index (χ4v) is 1.76. The van der Waals surface area contributed by atoms with E-state index in [0.717, 1.165) is 0 Å². The fourth-order valence-electron chi connectivity index (χ4n) is 1.76. The molecule has 15 heavy (non-hydrogen) atoms. The van der Waals surface area contributed by atoms with E-state index in [1.807, 2.05) is 6.92 Å². The van der Waals surface area contributed by atoms with Crippen LogP contribution in [-0.4, -0.2) is 5.11 Å². The molecule has 1 aromatic carbocycles. The van der Waals surface area contributed by atoms with Crippen LogP contribution in [-0.2, 0) is 5.60 Å². The van der Waals surface area contributed by atoms with Crippen LogP contribution >= 0.6 is 0 Å². The SMILES string of the molecule is CCCC(C)(O)c1c(F)ccc(C)c1F. The van der Waals surface area contributed by atoms with Crippen molar-refractivity contribution in [1.29, 1.82) is 0 Å². The number of benzene rings is 1. The minimum Gasteiger partial charge on any atom is -0.385 e. The zero-order valence-electron chi connectivity index (χ0n) is 9.27. The maximum Gasteiger partial charge on any atom is 0.135 e. The Hall–Kier alpha value is -0.960. The second-order valence-electron chi connectivity index (χ2n) is 4.08. The molecule has 3 heteroatoms. The summed E-state index contributed by atoms with van der Waals surface area (Å²) in [4.78, 5) is 0. The molecule has 0 aromatic heterocycles. The number of aliphatic hydroxyl groups is 1. The van der Waals surface area contributed by atoms with Gasteiger partial charge in [0.05, 0.1) is 11.2 Å². The molecule has 0 amide bonds. The molecule has 0 bridgehead atoms. The van der Waals surface area contributed by atoms with Gasteiger partial charge in [-0.3, -0.25) is 0 Å². The van der Waals surface area contributed by atoms with Crippen LogP contribution in [0.4, 0.5) is 8.78 Å². The molecule has 0 radical (unpaired) electrons. The summed E-state index contributed by atoms with van der Waals surface area (Å²) in [6.45, 7) is 4.86. The van der Waals surface area contributed by atoms with Gasteiger partial charge in [0, 0.05) is 0 Å². The van der Waals surface area contributed by atoms with Gasteiger partial charge in [0.15, 0.2) is 0 Å². The summed E-state index contributed by atoms with van der Waals surface area (Å²) >= 11 is 0. The van der Waals surface area contributed by atoms with E-state index in [4.69, 9.17) is 0 Å². The number of hydrogen-bond acceptors (Lipinski definition) is 1. The number of hydrogen-bond donors (Lipinski definition) is 1. The normalized spacial score (nSPS) is 15.1. The molecule has 1 aromatic rings. The number of rotatable bonds is 3. The van der Waals surface area contributed by atoms with E-state index in [9.17, 15) is 13.9 Å². The standard InChI is InChI=1S/C12H16F2O/c1-4-7-12(3,15)10-9(13)6-5-8(2)11(10)14/h5-6,15H,4,7H2,1-3H3. The molecule has 1 nitrogen and oxygen atoms in total. The molecule has 0 saturated heterocycles. The summed E-state index contributed by atoms with van der Waals surface area (Å²) in [7, 11) is 0. The van der Waals surface area contributed by atoms with Gasteiger partial charge in [-0.1, -0.05) is 19.4 Å². The second kappa shape index (κ2) is 4.27. The van der Waals surface area contributed by atoms with E-state index in [0.29, 0.717) is 18.4 Å². The van der Waals surface area contributed by atoms with E-state index in [-0.39, 0.29) is 5.56 Å². The summed E-state index contributed by atoms with van der Waals surface area (Å²) < 4.78 is 27.1. The van der Waals surface area contributed by atoms with E-state index < -0.39 is 17.2 Å². The van der Waals surface area contributed by atoms with Crippen LogP contribution in [0, 0.1) is 18.6 Å². The molecule has 1 unspecified atom stereocenters. The third-order valence-corrected chi connectivity index (χ3v) is 2.56. The third kappa shape index (κ3) is 2.34. The summed E-state index contributed by atoms with van der Waals surface area (Å²) in [5, 5.41) is 9.99. The highest BCUT2D eigenvalue weighted by Gasteiger charge is 2.29. The predicted molar refractivity (Wildman–Crippen MR) is 55.6 cm³/mol. The average molecular weight is 214 g/mol. The first-order chi connectivity index (χ1) is 6.90. The van der Waals surface area contributed by atoms with Crippen LogP contribution in [0.5, 0.6) is 0 Å². The van der Waals surface area contributed by atoms with Crippen molar-refractivity contribution in [3.63, 3.8) is 0 Å². The molecular formula is C12H16F2O. The Labute approximate surface area is 88.7 Å². The Kier molecular flexibility index (Phi) is 3.45. The largest absolute Gasteiger partial charge is 0.385 e. The van der Waals surface area contributed by atoms with Crippen molar-refractivity contribution >= 4 is 0 Å². The Morgan fingerprint density at radius 3 is 2.47 bits per heavy atom. The van der Waals surface area contributed by atoms with Gasteiger partial charge in [-0.25, -0.2) is 8.78 Å². The average Bonchev–Trinajstić information content (AvgIpc) is 2.11. The van der Waals surface area contributed by atoms with Gasteiger partial charge in [0.25, 0.3) is 0 Å². The van der Waals surface area contributed by atoms with Crippen molar-refractivity contribution in [2.45, 2.75) is 39.2 Å². The smallest absolute Gasteiger partial charge is 0.135 e. The Morgan fingerprint density at radius 1 is 1.33 bits per heavy atom. The Morgan fingerprint density at radius 2 is 1.93 bits per heavy atom. The molecule has 0 spiro atoms. The molecular weight excluding hydrogens is 198 g/mol. The molecule has 1 atom stereocenters. The number of halogens is 2. The molecule has 1 rings (SSSR count). The summed E-state index contributed by atoms with van der Waals surface area (Å²) in [5.74, 6) is -1.33. The molecule has 0 fully saturated rings. The quantitative estimate of drug-likeness (QED) is 0.818. The Balaban J connectivity index is 3.29. The summed E-state index contributed by atoms with van der Waals surface area (Å²) in [6.07, 6.45) is 1.00. The van der Waals surface area contributed by atoms with Crippen LogP contribution in [0.2, 0.25) is 0 Å². The van der Waals surface area contributed by atoms with Gasteiger partial charge in [0.1, 0.15) is 11.6 Å². The first kappa shape index (κ1) is 12.1. The van der Waals surface area contributed by atoms with E-state index >= 15 is 0 Å². The lowest BCUT2D eigenvalue weighted by molar-refractivity contribution is 0.0392. The van der Waals surface area contributed by atoms with E-state index in [2.05, 4.69) is 0 Å². The molecule has 0 aliphatic heterocycles. The lowest BCUT2D eigenvalue weighted by Crippen LogP contribution is -2.24. The second-order valence-corrected chi connectivity index (χ2v) is 4.08. The zero-order chi connectivity index (χ0) is 11.6. The Bertz CT molecular complexity index is 359. The molecule has 1 N–H and O–H groups in total. The van der Waals surface area contributed by atoms with Crippen molar-refractivity contribution in [3.8, 4) is 0 Å². The van der Waals surface area contributed by atoms with Gasteiger partial charge in [-0.2, -0.15) is 0 Å². The van der Waals surface area contributed by atoms with Crippen LogP contribution < -0.4 is 0 Å². The summed E-state index contributed by atoms with van der Waals surface area (Å²) in [6, 6.07) is 2.56. The van der Waals surface area contributed by atoms with Crippen LogP contribution in [0.3, 0.4) is 0 Å². The van der Waals surface area contributed by atoms with E-state index in [1.54, 1.807) is 6.92 Å². The van der Waals surface area contributed by atoms with Crippen molar-refractivity contribution in [3.05, 3.63) is 34.9 Å². The highest BCUT2D eigenvalue weighted by molar-refractivity contribution is 5.30. The van der Waals surface area contributed by atoms with Crippen molar-refractivity contribution in [1.82, 2.24) is 0 Å². The van der Waals surface area contributed by atoms with Gasteiger partial charge >= 0.3 is 0 Å². The highest BCUT2D eigenvalue weighted by atomic mass is 19.1. The predicted octanol–water partition coefficient (Wildman–Crippen LogP) is 3.28. The molecule has 84 valence electrons. The lowest BCUT2D eigenvalue weighted by Gasteiger charge is -2.24. The highest BCUT2D eigenvalue weighted by Crippen LogP contribution is 2.31. The van der Waals surface area contributed by atoms with Crippen LogP contribution in [0.25, 0.3) is 0 Å². The van der Waals surface area contributed by atoms with Crippen LogP contribution in [0.1, 0.15) is 37.8 Å². The van der Waals surface area contributed by atoms with Gasteiger partial charge in [0.2, 0.25) is 0 Å². The molecule has 0 saturated carbocycles. The molecule has 0 heterocycles. The van der Waals surface area contributed by atoms with Gasteiger partial charge in [-0.15, -0.1) is 0 Å². The lowest BCUT2D eigenvalue weighted by atomic mass is 9.89.